The second-order valence-electron chi connectivity index (χ2n) is 2.81. The molecule has 4 nitrogen and oxygen atoms in total. The van der Waals surface area contributed by atoms with Gasteiger partial charge in [-0.2, -0.15) is 0 Å². The van der Waals surface area contributed by atoms with Gasteiger partial charge in [-0.3, -0.25) is 0 Å². The van der Waals surface area contributed by atoms with E-state index in [-0.39, 0.29) is 23.9 Å². The van der Waals surface area contributed by atoms with E-state index in [9.17, 15) is 9.59 Å². The zero-order valence-corrected chi connectivity index (χ0v) is 12.2. The van der Waals surface area contributed by atoms with Crippen molar-refractivity contribution in [3.8, 4) is 0 Å². The molecule has 0 aliphatic carbocycles. The van der Waals surface area contributed by atoms with Crippen molar-refractivity contribution < 1.29 is 19.1 Å². The molecule has 88 valence electrons. The van der Waals surface area contributed by atoms with Gasteiger partial charge in [-0.05, 0) is 0 Å². The maximum atomic E-state index is 11.7. The van der Waals surface area contributed by atoms with Gasteiger partial charge in [-0.1, -0.05) is 0 Å². The fourth-order valence-corrected chi connectivity index (χ4v) is 2.97. The second-order valence-corrected chi connectivity index (χ2v) is 4.02. The molecular weight excluding hydrogens is 330 g/mol. The minimum atomic E-state index is -1.23. The first-order valence-electron chi connectivity index (χ1n) is 4.59. The van der Waals surface area contributed by atoms with Gasteiger partial charge in [0, 0.05) is 0 Å². The van der Waals surface area contributed by atoms with E-state index in [2.05, 4.69) is 32.0 Å². The van der Waals surface area contributed by atoms with Gasteiger partial charge in [0.1, 0.15) is 0 Å². The molecule has 15 heavy (non-hydrogen) atoms. The fraction of sp³-hybridized carbons (Fsp3) is 0.778. The summed E-state index contributed by atoms with van der Waals surface area (Å²) in [6.07, 6.45) is 0. The van der Waals surface area contributed by atoms with E-state index in [1.54, 1.807) is 13.8 Å². The summed E-state index contributed by atoms with van der Waals surface area (Å²) in [6.45, 7) is 3.90. The molecule has 0 aromatic heterocycles. The Morgan fingerprint density at radius 1 is 1.00 bits per heavy atom. The summed E-state index contributed by atoms with van der Waals surface area (Å²) in [4.78, 5) is 23.4. The maximum absolute atomic E-state index is 11.7. The summed E-state index contributed by atoms with van der Waals surface area (Å²) in [5.41, 5.74) is -1.23. The number of rotatable bonds is 6. The topological polar surface area (TPSA) is 52.6 Å². The van der Waals surface area contributed by atoms with Crippen LogP contribution in [-0.4, -0.2) is 57.2 Å². The van der Waals surface area contributed by atoms with Crippen molar-refractivity contribution in [2.75, 3.05) is 13.2 Å². The van der Waals surface area contributed by atoms with Crippen LogP contribution in [0.1, 0.15) is 13.8 Å². The van der Waals surface area contributed by atoms with E-state index in [0.29, 0.717) is 0 Å². The van der Waals surface area contributed by atoms with Crippen molar-refractivity contribution in [1.82, 2.24) is 0 Å². The molecule has 0 bridgehead atoms. The van der Waals surface area contributed by atoms with Gasteiger partial charge < -0.3 is 0 Å². The molecule has 6 heteroatoms. The average molecular weight is 344 g/mol. The Hall–Kier alpha value is -0.0210. The molecule has 0 aromatic rings. The third-order valence-electron chi connectivity index (χ3n) is 1.83. The van der Waals surface area contributed by atoms with Gasteiger partial charge in [0.2, 0.25) is 0 Å². The Morgan fingerprint density at radius 2 is 1.33 bits per heavy atom. The van der Waals surface area contributed by atoms with E-state index in [4.69, 9.17) is 9.47 Å². The van der Waals surface area contributed by atoms with E-state index < -0.39 is 17.4 Å². The van der Waals surface area contributed by atoms with E-state index >= 15 is 0 Å². The van der Waals surface area contributed by atoms with Crippen LogP contribution >= 0.6 is 0 Å². The molecule has 0 aliphatic heterocycles. The number of carbonyl (C=O) groups is 2. The predicted octanol–water partition coefficient (Wildman–Crippen LogP) is 0.273. The molecule has 0 heterocycles. The van der Waals surface area contributed by atoms with Crippen molar-refractivity contribution in [2.24, 2.45) is 5.41 Å². The third kappa shape index (κ3) is 3.49. The van der Waals surface area contributed by atoms with Crippen LogP contribution in [0.2, 0.25) is 10.6 Å². The summed E-state index contributed by atoms with van der Waals surface area (Å²) in [5, 5.41) is 0.495. The molecular formula is C9H14O4Se2-2. The number of hydrogen-bond acceptors (Lipinski definition) is 4. The van der Waals surface area contributed by atoms with Gasteiger partial charge >= 0.3 is 106 Å². The van der Waals surface area contributed by atoms with Crippen LogP contribution < -0.4 is 0 Å². The van der Waals surface area contributed by atoms with Gasteiger partial charge in [-0.15, -0.1) is 0 Å². The molecule has 0 spiro atoms. The zero-order valence-electron chi connectivity index (χ0n) is 8.78. The first-order chi connectivity index (χ1) is 7.08. The summed E-state index contributed by atoms with van der Waals surface area (Å²) in [6, 6.07) is 0. The van der Waals surface area contributed by atoms with Crippen molar-refractivity contribution >= 4 is 44.0 Å². The Kier molecular flexibility index (Phi) is 7.27. The molecule has 0 aromatic carbocycles. The van der Waals surface area contributed by atoms with Crippen LogP contribution in [0, 0.1) is 5.41 Å². The summed E-state index contributed by atoms with van der Waals surface area (Å²) in [7, 11) is 0. The summed E-state index contributed by atoms with van der Waals surface area (Å²) >= 11 is 5.38. The van der Waals surface area contributed by atoms with E-state index in [0.717, 1.165) is 0 Å². The van der Waals surface area contributed by atoms with Crippen LogP contribution in [0.5, 0.6) is 0 Å². The Labute approximate surface area is 106 Å². The first kappa shape index (κ1) is 15.0. The molecule has 0 radical (unpaired) electrons. The third-order valence-corrected chi connectivity index (χ3v) is 3.89. The summed E-state index contributed by atoms with van der Waals surface area (Å²) < 4.78 is 9.75. The SMILES string of the molecule is CCOC(=O)C(C[Se-])(C[Se-])C(=O)OCC. The van der Waals surface area contributed by atoms with Gasteiger partial charge in [0.05, 0.1) is 0 Å². The molecule has 0 saturated heterocycles. The number of ether oxygens (including phenoxy) is 2. The van der Waals surface area contributed by atoms with Crippen LogP contribution in [0.25, 0.3) is 0 Å². The molecule has 0 amide bonds. The molecule has 0 saturated carbocycles. The van der Waals surface area contributed by atoms with Gasteiger partial charge in [-0.25, -0.2) is 0 Å². The van der Waals surface area contributed by atoms with E-state index in [1.165, 1.54) is 0 Å². The van der Waals surface area contributed by atoms with Crippen LogP contribution in [-0.2, 0) is 19.1 Å². The first-order valence-corrected chi connectivity index (χ1v) is 7.02. The van der Waals surface area contributed by atoms with Gasteiger partial charge in [0.15, 0.2) is 0 Å². The number of esters is 2. The zero-order chi connectivity index (χ0) is 11.9. The Balaban J connectivity index is 4.86. The second kappa shape index (κ2) is 7.28. The molecule has 0 N–H and O–H groups in total. The van der Waals surface area contributed by atoms with E-state index in [1.807, 2.05) is 0 Å². The van der Waals surface area contributed by atoms with Crippen molar-refractivity contribution in [3.05, 3.63) is 0 Å². The Bertz CT molecular complexity index is 206. The minimum absolute atomic E-state index is 0.248. The fourth-order valence-electron chi connectivity index (χ4n) is 0.899. The predicted molar refractivity (Wildman–Crippen MR) is 56.8 cm³/mol. The van der Waals surface area contributed by atoms with Crippen molar-refractivity contribution in [1.29, 1.82) is 0 Å². The van der Waals surface area contributed by atoms with Crippen LogP contribution in [0.15, 0.2) is 0 Å². The summed E-state index contributed by atoms with van der Waals surface area (Å²) in [5.74, 6) is -1.08. The number of hydrogen-bond donors (Lipinski definition) is 0. The Morgan fingerprint density at radius 3 is 1.53 bits per heavy atom. The van der Waals surface area contributed by atoms with Gasteiger partial charge in [0.25, 0.3) is 0 Å². The normalized spacial score (nSPS) is 10.9. The quantitative estimate of drug-likeness (QED) is 0.394. The standard InChI is InChI=1S/C9H16O4Se2/c1-3-12-7(10)9(5-14,6-15)8(11)13-4-2/h14-15H,3-6H2,1-2H3/p-2. The molecule has 0 rings (SSSR count). The van der Waals surface area contributed by atoms with Crippen molar-refractivity contribution in [3.63, 3.8) is 0 Å². The molecule has 0 atom stereocenters. The van der Waals surface area contributed by atoms with Crippen LogP contribution in [0.3, 0.4) is 0 Å². The molecule has 0 unspecified atom stereocenters. The molecule has 0 fully saturated rings. The monoisotopic (exact) mass is 346 g/mol. The average Bonchev–Trinajstić information content (AvgIpc) is 2.21. The van der Waals surface area contributed by atoms with Crippen LogP contribution in [0.4, 0.5) is 0 Å². The molecule has 0 aliphatic rings. The number of carbonyl (C=O) groups excluding carboxylic acids is 2. The van der Waals surface area contributed by atoms with Crippen molar-refractivity contribution in [2.45, 2.75) is 24.5 Å².